The first-order valence-electron chi connectivity index (χ1n) is 4.40. The number of hydrogen-bond acceptors (Lipinski definition) is 1. The van der Waals surface area contributed by atoms with E-state index in [0.717, 1.165) is 26.8 Å². The van der Waals surface area contributed by atoms with Crippen molar-refractivity contribution in [3.05, 3.63) is 47.7 Å². The van der Waals surface area contributed by atoms with Crippen LogP contribution in [0.3, 0.4) is 0 Å². The van der Waals surface area contributed by atoms with Gasteiger partial charge in [0.1, 0.15) is 5.58 Å². The third-order valence-electron chi connectivity index (χ3n) is 2.40. The molecule has 0 atom stereocenters. The van der Waals surface area contributed by atoms with Gasteiger partial charge in [0.05, 0.1) is 6.26 Å². The van der Waals surface area contributed by atoms with Crippen LogP contribution in [0.4, 0.5) is 0 Å². The highest BCUT2D eigenvalue weighted by Crippen LogP contribution is 2.28. The second-order valence-corrected chi connectivity index (χ2v) is 3.68. The number of hydrogen-bond donors (Lipinski definition) is 0. The summed E-state index contributed by atoms with van der Waals surface area (Å²) in [6, 6.07) is 11.9. The molecule has 3 rings (SSSR count). The van der Waals surface area contributed by atoms with Crippen LogP contribution in [0.2, 0.25) is 5.02 Å². The van der Waals surface area contributed by atoms with E-state index in [-0.39, 0.29) is 0 Å². The fourth-order valence-electron chi connectivity index (χ4n) is 1.70. The van der Waals surface area contributed by atoms with Gasteiger partial charge < -0.3 is 4.42 Å². The fourth-order valence-corrected chi connectivity index (χ4v) is 1.93. The first-order chi connectivity index (χ1) is 6.84. The van der Waals surface area contributed by atoms with E-state index in [0.29, 0.717) is 0 Å². The molecule has 0 bridgehead atoms. The van der Waals surface area contributed by atoms with Crippen LogP contribution in [0.25, 0.3) is 21.7 Å². The van der Waals surface area contributed by atoms with Crippen molar-refractivity contribution in [1.29, 1.82) is 0 Å². The van der Waals surface area contributed by atoms with Crippen LogP contribution < -0.4 is 0 Å². The van der Waals surface area contributed by atoms with Crippen LogP contribution in [-0.4, -0.2) is 0 Å². The second kappa shape index (κ2) is 2.76. The Morgan fingerprint density at radius 1 is 1.00 bits per heavy atom. The molecule has 0 aliphatic rings. The van der Waals surface area contributed by atoms with Crippen molar-refractivity contribution in [2.45, 2.75) is 0 Å². The van der Waals surface area contributed by atoms with Gasteiger partial charge in [-0.1, -0.05) is 23.7 Å². The molecule has 2 heteroatoms. The lowest BCUT2D eigenvalue weighted by Gasteiger charge is -1.99. The molecular formula is C12H7ClO. The van der Waals surface area contributed by atoms with Gasteiger partial charge in [0.15, 0.2) is 0 Å². The summed E-state index contributed by atoms with van der Waals surface area (Å²) < 4.78 is 5.32. The van der Waals surface area contributed by atoms with E-state index in [2.05, 4.69) is 6.07 Å². The Labute approximate surface area is 85.9 Å². The molecule has 0 fully saturated rings. The lowest BCUT2D eigenvalue weighted by atomic mass is 10.1. The van der Waals surface area contributed by atoms with E-state index in [1.165, 1.54) is 0 Å². The molecule has 1 heterocycles. The zero-order valence-corrected chi connectivity index (χ0v) is 8.08. The van der Waals surface area contributed by atoms with Gasteiger partial charge in [-0.25, -0.2) is 0 Å². The van der Waals surface area contributed by atoms with Crippen molar-refractivity contribution < 1.29 is 4.42 Å². The normalized spacial score (nSPS) is 11.2. The smallest absolute Gasteiger partial charge is 0.134 e. The largest absolute Gasteiger partial charge is 0.464 e. The first kappa shape index (κ1) is 7.89. The minimum Gasteiger partial charge on any atom is -0.464 e. The first-order valence-corrected chi connectivity index (χ1v) is 4.78. The molecule has 0 saturated carbocycles. The van der Waals surface area contributed by atoms with Crippen molar-refractivity contribution in [2.24, 2.45) is 0 Å². The van der Waals surface area contributed by atoms with Crippen LogP contribution in [0, 0.1) is 0 Å². The third kappa shape index (κ3) is 1.03. The SMILES string of the molecule is Clc1cccc2cc3ccoc3cc12. The molecule has 0 radical (unpaired) electrons. The molecule has 0 saturated heterocycles. The summed E-state index contributed by atoms with van der Waals surface area (Å²) in [5.41, 5.74) is 0.880. The maximum absolute atomic E-state index is 6.08. The quantitative estimate of drug-likeness (QED) is 0.532. The summed E-state index contributed by atoms with van der Waals surface area (Å²) in [7, 11) is 0. The average molecular weight is 203 g/mol. The van der Waals surface area contributed by atoms with Gasteiger partial charge in [0.2, 0.25) is 0 Å². The molecule has 68 valence electrons. The van der Waals surface area contributed by atoms with E-state index >= 15 is 0 Å². The van der Waals surface area contributed by atoms with Crippen LogP contribution in [0.5, 0.6) is 0 Å². The predicted molar refractivity (Wildman–Crippen MR) is 58.7 cm³/mol. The minimum atomic E-state index is 0.765. The predicted octanol–water partition coefficient (Wildman–Crippen LogP) is 4.24. The van der Waals surface area contributed by atoms with Crippen molar-refractivity contribution >= 4 is 33.3 Å². The van der Waals surface area contributed by atoms with E-state index in [1.807, 2.05) is 30.3 Å². The summed E-state index contributed by atoms with van der Waals surface area (Å²) >= 11 is 6.08. The van der Waals surface area contributed by atoms with Gasteiger partial charge in [-0.2, -0.15) is 0 Å². The van der Waals surface area contributed by atoms with Crippen molar-refractivity contribution in [3.63, 3.8) is 0 Å². The van der Waals surface area contributed by atoms with Crippen molar-refractivity contribution in [3.8, 4) is 0 Å². The van der Waals surface area contributed by atoms with Crippen molar-refractivity contribution in [1.82, 2.24) is 0 Å². The summed E-state index contributed by atoms with van der Waals surface area (Å²) in [6.07, 6.45) is 1.69. The lowest BCUT2D eigenvalue weighted by molar-refractivity contribution is 0.616. The molecule has 3 aromatic rings. The molecule has 0 unspecified atom stereocenters. The highest BCUT2D eigenvalue weighted by atomic mass is 35.5. The molecular weight excluding hydrogens is 196 g/mol. The Kier molecular flexibility index (Phi) is 1.55. The number of furan rings is 1. The zero-order chi connectivity index (χ0) is 9.54. The summed E-state index contributed by atoms with van der Waals surface area (Å²) in [4.78, 5) is 0. The highest BCUT2D eigenvalue weighted by molar-refractivity contribution is 6.35. The summed E-state index contributed by atoms with van der Waals surface area (Å²) in [5.74, 6) is 0. The van der Waals surface area contributed by atoms with Gasteiger partial charge in [-0.15, -0.1) is 0 Å². The summed E-state index contributed by atoms with van der Waals surface area (Å²) in [5, 5.41) is 4.06. The zero-order valence-electron chi connectivity index (χ0n) is 7.33. The summed E-state index contributed by atoms with van der Waals surface area (Å²) in [6.45, 7) is 0. The van der Waals surface area contributed by atoms with Gasteiger partial charge in [-0.3, -0.25) is 0 Å². The third-order valence-corrected chi connectivity index (χ3v) is 2.73. The molecule has 0 N–H and O–H groups in total. The molecule has 0 spiro atoms. The molecule has 0 aliphatic carbocycles. The maximum atomic E-state index is 6.08. The van der Waals surface area contributed by atoms with Crippen molar-refractivity contribution in [2.75, 3.05) is 0 Å². The average Bonchev–Trinajstić information content (AvgIpc) is 2.62. The molecule has 14 heavy (non-hydrogen) atoms. The molecule has 0 aliphatic heterocycles. The second-order valence-electron chi connectivity index (χ2n) is 3.27. The van der Waals surface area contributed by atoms with Crippen LogP contribution in [0.15, 0.2) is 47.1 Å². The number of benzene rings is 2. The van der Waals surface area contributed by atoms with E-state index in [4.69, 9.17) is 16.0 Å². The van der Waals surface area contributed by atoms with Crippen LogP contribution in [0.1, 0.15) is 0 Å². The van der Waals surface area contributed by atoms with Crippen LogP contribution >= 0.6 is 11.6 Å². The topological polar surface area (TPSA) is 13.1 Å². The number of halogens is 1. The molecule has 1 nitrogen and oxygen atoms in total. The van der Waals surface area contributed by atoms with E-state index in [9.17, 15) is 0 Å². The standard InChI is InChI=1S/C12H7ClO/c13-11-3-1-2-8-6-9-4-5-14-12(9)7-10(8)11/h1-7H. The van der Waals surface area contributed by atoms with Crippen LogP contribution in [-0.2, 0) is 0 Å². The highest BCUT2D eigenvalue weighted by Gasteiger charge is 2.02. The minimum absolute atomic E-state index is 0.765. The monoisotopic (exact) mass is 202 g/mol. The fraction of sp³-hybridized carbons (Fsp3) is 0. The molecule has 1 aromatic heterocycles. The Balaban J connectivity index is 2.57. The van der Waals surface area contributed by atoms with Gasteiger partial charge in [0, 0.05) is 15.8 Å². The Morgan fingerprint density at radius 3 is 2.86 bits per heavy atom. The molecule has 2 aromatic carbocycles. The van der Waals surface area contributed by atoms with E-state index < -0.39 is 0 Å². The Morgan fingerprint density at radius 2 is 1.93 bits per heavy atom. The molecule has 0 amide bonds. The lowest BCUT2D eigenvalue weighted by Crippen LogP contribution is -1.73. The van der Waals surface area contributed by atoms with Gasteiger partial charge in [-0.05, 0) is 29.7 Å². The Bertz CT molecular complexity index is 610. The number of fused-ring (bicyclic) bond motifs is 2. The van der Waals surface area contributed by atoms with Gasteiger partial charge in [0.25, 0.3) is 0 Å². The van der Waals surface area contributed by atoms with E-state index in [1.54, 1.807) is 6.26 Å². The number of rotatable bonds is 0. The van der Waals surface area contributed by atoms with Gasteiger partial charge >= 0.3 is 0 Å². The Hall–Kier alpha value is -1.47. The maximum Gasteiger partial charge on any atom is 0.134 e.